The van der Waals surface area contributed by atoms with Gasteiger partial charge in [0.05, 0.1) is 18.2 Å². The molecule has 2 aromatic heterocycles. The van der Waals surface area contributed by atoms with Crippen LogP contribution in [0.2, 0.25) is 0 Å². The van der Waals surface area contributed by atoms with Crippen LogP contribution in [0.1, 0.15) is 29.8 Å². The molecule has 1 fully saturated rings. The summed E-state index contributed by atoms with van der Waals surface area (Å²) in [7, 11) is 0. The van der Waals surface area contributed by atoms with Crippen LogP contribution in [0.15, 0.2) is 36.5 Å². The highest BCUT2D eigenvalue weighted by Crippen LogP contribution is 2.35. The average Bonchev–Trinajstić information content (AvgIpc) is 3.21. The monoisotopic (exact) mass is 392 g/mol. The lowest BCUT2D eigenvalue weighted by Crippen LogP contribution is -2.32. The number of pyridine rings is 2. The van der Waals surface area contributed by atoms with Crippen LogP contribution in [0.3, 0.4) is 0 Å². The summed E-state index contributed by atoms with van der Waals surface area (Å²) in [4.78, 5) is 10.7. The van der Waals surface area contributed by atoms with Crippen LogP contribution in [-0.4, -0.2) is 34.3 Å². The topological polar surface area (TPSA) is 82.3 Å². The standard InChI is InChI=1S/C22H21FN4O2/c1-14-7-21(27-6-2-3-17(27)12-28)18-8-19(23)22(9-20(18)26-14)29-13-15-4-5-16(10-24)25-11-15/h4-5,7-9,11,17,28H,2-3,6,12-13H2,1H3. The van der Waals surface area contributed by atoms with Gasteiger partial charge in [0.2, 0.25) is 0 Å². The highest BCUT2D eigenvalue weighted by Gasteiger charge is 2.26. The molecule has 1 unspecified atom stereocenters. The van der Waals surface area contributed by atoms with Crippen LogP contribution in [0.25, 0.3) is 10.9 Å². The molecule has 1 saturated heterocycles. The molecule has 3 heterocycles. The van der Waals surface area contributed by atoms with Crippen molar-refractivity contribution in [1.29, 1.82) is 5.26 Å². The number of benzene rings is 1. The number of halogens is 1. The van der Waals surface area contributed by atoms with Gasteiger partial charge in [0.1, 0.15) is 18.4 Å². The van der Waals surface area contributed by atoms with Gasteiger partial charge in [-0.2, -0.15) is 5.26 Å². The Morgan fingerprint density at radius 1 is 1.34 bits per heavy atom. The van der Waals surface area contributed by atoms with Crippen molar-refractivity contribution in [1.82, 2.24) is 9.97 Å². The van der Waals surface area contributed by atoms with Gasteiger partial charge >= 0.3 is 0 Å². The van der Waals surface area contributed by atoms with E-state index in [1.54, 1.807) is 24.4 Å². The molecule has 29 heavy (non-hydrogen) atoms. The smallest absolute Gasteiger partial charge is 0.165 e. The lowest BCUT2D eigenvalue weighted by Gasteiger charge is -2.27. The fourth-order valence-electron chi connectivity index (χ4n) is 3.77. The maximum atomic E-state index is 14.8. The zero-order chi connectivity index (χ0) is 20.4. The number of aliphatic hydroxyl groups excluding tert-OH is 1. The van der Waals surface area contributed by atoms with E-state index in [0.717, 1.165) is 36.3 Å². The van der Waals surface area contributed by atoms with Crippen molar-refractivity contribution in [3.8, 4) is 11.8 Å². The molecule has 1 N–H and O–H groups in total. The SMILES string of the molecule is Cc1cc(N2CCCC2CO)c2cc(F)c(OCc3ccc(C#N)nc3)cc2n1. The van der Waals surface area contributed by atoms with Crippen molar-refractivity contribution < 1.29 is 14.2 Å². The summed E-state index contributed by atoms with van der Waals surface area (Å²) >= 11 is 0. The minimum Gasteiger partial charge on any atom is -0.486 e. The van der Waals surface area contributed by atoms with E-state index in [-0.39, 0.29) is 25.0 Å². The number of aliphatic hydroxyl groups is 1. The van der Waals surface area contributed by atoms with Gasteiger partial charge in [-0.3, -0.25) is 4.98 Å². The van der Waals surface area contributed by atoms with E-state index in [0.29, 0.717) is 16.6 Å². The van der Waals surface area contributed by atoms with Gasteiger partial charge in [-0.1, -0.05) is 6.07 Å². The molecule has 7 heteroatoms. The number of anilines is 1. The lowest BCUT2D eigenvalue weighted by atomic mass is 10.1. The third-order valence-corrected chi connectivity index (χ3v) is 5.20. The molecule has 0 spiro atoms. The summed E-state index contributed by atoms with van der Waals surface area (Å²) in [6.07, 6.45) is 3.46. The van der Waals surface area contributed by atoms with Gasteiger partial charge in [-0.05, 0) is 38.0 Å². The van der Waals surface area contributed by atoms with Gasteiger partial charge in [0, 0.05) is 41.1 Å². The van der Waals surface area contributed by atoms with E-state index < -0.39 is 5.82 Å². The predicted molar refractivity (Wildman–Crippen MR) is 107 cm³/mol. The fourth-order valence-corrected chi connectivity index (χ4v) is 3.77. The van der Waals surface area contributed by atoms with E-state index in [2.05, 4.69) is 14.9 Å². The molecule has 0 amide bonds. The minimum atomic E-state index is -0.467. The van der Waals surface area contributed by atoms with Gasteiger partial charge in [-0.15, -0.1) is 0 Å². The summed E-state index contributed by atoms with van der Waals surface area (Å²) < 4.78 is 20.5. The van der Waals surface area contributed by atoms with Crippen molar-refractivity contribution >= 4 is 16.6 Å². The van der Waals surface area contributed by atoms with Gasteiger partial charge < -0.3 is 14.7 Å². The zero-order valence-corrected chi connectivity index (χ0v) is 16.1. The molecule has 4 rings (SSSR count). The third kappa shape index (κ3) is 3.84. The molecule has 0 radical (unpaired) electrons. The Morgan fingerprint density at radius 3 is 2.93 bits per heavy atom. The molecule has 1 aliphatic heterocycles. The predicted octanol–water partition coefficient (Wildman–Crippen LogP) is 3.49. The normalized spacial score (nSPS) is 16.2. The summed E-state index contributed by atoms with van der Waals surface area (Å²) in [5.74, 6) is -0.350. The van der Waals surface area contributed by atoms with E-state index in [9.17, 15) is 9.50 Å². The Kier molecular flexibility index (Phi) is 5.28. The van der Waals surface area contributed by atoms with E-state index in [1.807, 2.05) is 19.1 Å². The first-order valence-electron chi connectivity index (χ1n) is 9.55. The molecule has 1 aromatic carbocycles. The van der Waals surface area contributed by atoms with Gasteiger partial charge in [0.15, 0.2) is 11.6 Å². The average molecular weight is 392 g/mol. The van der Waals surface area contributed by atoms with Crippen LogP contribution >= 0.6 is 0 Å². The van der Waals surface area contributed by atoms with Crippen molar-refractivity contribution in [3.63, 3.8) is 0 Å². The van der Waals surface area contributed by atoms with E-state index in [1.165, 1.54) is 6.07 Å². The molecule has 1 aliphatic rings. The number of rotatable bonds is 5. The molecular formula is C22H21FN4O2. The Hall–Kier alpha value is -3.24. The molecule has 1 atom stereocenters. The number of aryl methyl sites for hydroxylation is 1. The molecule has 148 valence electrons. The second kappa shape index (κ2) is 8.02. The number of aromatic nitrogens is 2. The first-order valence-corrected chi connectivity index (χ1v) is 9.55. The first-order chi connectivity index (χ1) is 14.1. The quantitative estimate of drug-likeness (QED) is 0.716. The molecular weight excluding hydrogens is 371 g/mol. The summed E-state index contributed by atoms with van der Waals surface area (Å²) in [6, 6.07) is 10.3. The highest BCUT2D eigenvalue weighted by atomic mass is 19.1. The number of ether oxygens (including phenoxy) is 1. The summed E-state index contributed by atoms with van der Waals surface area (Å²) in [5.41, 5.74) is 3.43. The summed E-state index contributed by atoms with van der Waals surface area (Å²) in [6.45, 7) is 2.94. The van der Waals surface area contributed by atoms with Crippen LogP contribution in [0, 0.1) is 24.1 Å². The third-order valence-electron chi connectivity index (χ3n) is 5.20. The highest BCUT2D eigenvalue weighted by molar-refractivity contribution is 5.93. The zero-order valence-electron chi connectivity index (χ0n) is 16.1. The largest absolute Gasteiger partial charge is 0.486 e. The molecule has 0 saturated carbocycles. The Morgan fingerprint density at radius 2 is 2.21 bits per heavy atom. The number of hydrogen-bond acceptors (Lipinski definition) is 6. The van der Waals surface area contributed by atoms with E-state index >= 15 is 0 Å². The van der Waals surface area contributed by atoms with Crippen molar-refractivity contribution in [2.24, 2.45) is 0 Å². The number of fused-ring (bicyclic) bond motifs is 1. The number of nitriles is 1. The number of hydrogen-bond donors (Lipinski definition) is 1. The molecule has 6 nitrogen and oxygen atoms in total. The van der Waals surface area contributed by atoms with Crippen LogP contribution in [-0.2, 0) is 6.61 Å². The first kappa shape index (κ1) is 19.1. The maximum Gasteiger partial charge on any atom is 0.165 e. The Bertz CT molecular complexity index is 1080. The van der Waals surface area contributed by atoms with Gasteiger partial charge in [-0.25, -0.2) is 9.37 Å². The molecule has 0 aliphatic carbocycles. The van der Waals surface area contributed by atoms with Crippen LogP contribution < -0.4 is 9.64 Å². The fraction of sp³-hybridized carbons (Fsp3) is 0.318. The molecule has 3 aromatic rings. The second-order valence-corrected chi connectivity index (χ2v) is 7.21. The van der Waals surface area contributed by atoms with Crippen molar-refractivity contribution in [2.45, 2.75) is 32.4 Å². The maximum absolute atomic E-state index is 14.8. The molecule has 0 bridgehead atoms. The van der Waals surface area contributed by atoms with Crippen molar-refractivity contribution in [3.05, 3.63) is 59.3 Å². The Labute approximate surface area is 168 Å². The lowest BCUT2D eigenvalue weighted by molar-refractivity contribution is 0.266. The minimum absolute atomic E-state index is 0.0443. The van der Waals surface area contributed by atoms with Crippen LogP contribution in [0.5, 0.6) is 5.75 Å². The van der Waals surface area contributed by atoms with Crippen molar-refractivity contribution in [2.75, 3.05) is 18.1 Å². The van der Waals surface area contributed by atoms with E-state index in [4.69, 9.17) is 10.00 Å². The van der Waals surface area contributed by atoms with Gasteiger partial charge in [0.25, 0.3) is 0 Å². The summed E-state index contributed by atoms with van der Waals surface area (Å²) in [5, 5.41) is 19.2. The second-order valence-electron chi connectivity index (χ2n) is 7.21. The Balaban J connectivity index is 1.65. The van der Waals surface area contributed by atoms with Crippen LogP contribution in [0.4, 0.5) is 10.1 Å². The number of nitrogens with zero attached hydrogens (tertiary/aromatic N) is 4.